The van der Waals surface area contributed by atoms with E-state index in [2.05, 4.69) is 4.98 Å². The number of benzene rings is 1. The van der Waals surface area contributed by atoms with Crippen LogP contribution in [0.4, 0.5) is 0 Å². The zero-order chi connectivity index (χ0) is 18.7. The molecule has 3 rings (SSSR count). The second-order valence-corrected chi connectivity index (χ2v) is 11.0. The Balaban J connectivity index is 1.66. The van der Waals surface area contributed by atoms with Crippen molar-refractivity contribution in [1.82, 2.24) is 9.88 Å². The standard InChI is InChI=1S/C18H22N2O3S3/c1-3-20(15-9-10-26(22,23)12-15)17(21)13(2)25-18-19-16(11-24-18)14-7-5-4-6-8-14/h4-8,11,13,15H,3,9-10,12H2,1-2H3. The topological polar surface area (TPSA) is 67.3 Å². The molecule has 140 valence electrons. The summed E-state index contributed by atoms with van der Waals surface area (Å²) >= 11 is 2.96. The summed E-state index contributed by atoms with van der Waals surface area (Å²) in [6.45, 7) is 4.29. The Morgan fingerprint density at radius 1 is 1.38 bits per heavy atom. The molecule has 1 aliphatic rings. The van der Waals surface area contributed by atoms with Gasteiger partial charge in [-0.25, -0.2) is 13.4 Å². The third-order valence-corrected chi connectivity index (χ3v) is 8.26. The highest BCUT2D eigenvalue weighted by molar-refractivity contribution is 8.02. The molecular weight excluding hydrogens is 388 g/mol. The molecule has 0 N–H and O–H groups in total. The van der Waals surface area contributed by atoms with Crippen LogP contribution in [0.3, 0.4) is 0 Å². The van der Waals surface area contributed by atoms with Crippen LogP contribution in [-0.4, -0.2) is 53.6 Å². The summed E-state index contributed by atoms with van der Waals surface area (Å²) in [4.78, 5) is 19.2. The number of carbonyl (C=O) groups is 1. The van der Waals surface area contributed by atoms with Crippen LogP contribution >= 0.6 is 23.1 Å². The van der Waals surface area contributed by atoms with Crippen LogP contribution in [0, 0.1) is 0 Å². The predicted octanol–water partition coefficient (Wildman–Crippen LogP) is 3.33. The molecule has 1 aromatic heterocycles. The number of sulfone groups is 1. The number of thioether (sulfide) groups is 1. The van der Waals surface area contributed by atoms with Crippen molar-refractivity contribution < 1.29 is 13.2 Å². The number of amides is 1. The molecule has 2 unspecified atom stereocenters. The van der Waals surface area contributed by atoms with E-state index in [-0.39, 0.29) is 28.7 Å². The maximum Gasteiger partial charge on any atom is 0.236 e. The monoisotopic (exact) mass is 410 g/mol. The highest BCUT2D eigenvalue weighted by Gasteiger charge is 2.35. The first-order chi connectivity index (χ1) is 12.4. The Labute approximate surface area is 162 Å². The average molecular weight is 411 g/mol. The van der Waals surface area contributed by atoms with Crippen molar-refractivity contribution in [2.45, 2.75) is 35.9 Å². The van der Waals surface area contributed by atoms with Crippen LogP contribution < -0.4 is 0 Å². The summed E-state index contributed by atoms with van der Waals surface area (Å²) in [5.74, 6) is 0.242. The summed E-state index contributed by atoms with van der Waals surface area (Å²) in [5, 5.41) is 1.70. The molecule has 1 amide bonds. The van der Waals surface area contributed by atoms with Gasteiger partial charge in [0, 0.05) is 23.5 Å². The Morgan fingerprint density at radius 2 is 2.12 bits per heavy atom. The smallest absolute Gasteiger partial charge is 0.236 e. The minimum absolute atomic E-state index is 0.0175. The van der Waals surface area contributed by atoms with E-state index in [1.165, 1.54) is 23.1 Å². The first-order valence-electron chi connectivity index (χ1n) is 8.58. The van der Waals surface area contributed by atoms with Crippen LogP contribution in [0.15, 0.2) is 40.1 Å². The second kappa shape index (κ2) is 8.10. The van der Waals surface area contributed by atoms with Gasteiger partial charge in [0.25, 0.3) is 0 Å². The van der Waals surface area contributed by atoms with Gasteiger partial charge in [-0.3, -0.25) is 4.79 Å². The van der Waals surface area contributed by atoms with Gasteiger partial charge >= 0.3 is 0 Å². The largest absolute Gasteiger partial charge is 0.338 e. The van der Waals surface area contributed by atoms with E-state index in [4.69, 9.17) is 0 Å². The Bertz CT molecular complexity index is 865. The van der Waals surface area contributed by atoms with Gasteiger partial charge in [-0.05, 0) is 20.3 Å². The van der Waals surface area contributed by atoms with Gasteiger partial charge in [0.05, 0.1) is 22.4 Å². The summed E-state index contributed by atoms with van der Waals surface area (Å²) in [6.07, 6.45) is 0.536. The van der Waals surface area contributed by atoms with Crippen molar-refractivity contribution in [3.05, 3.63) is 35.7 Å². The van der Waals surface area contributed by atoms with Crippen molar-refractivity contribution >= 4 is 38.8 Å². The first-order valence-corrected chi connectivity index (χ1v) is 12.2. The molecule has 2 atom stereocenters. The van der Waals surface area contributed by atoms with Crippen LogP contribution in [0.5, 0.6) is 0 Å². The summed E-state index contributed by atoms with van der Waals surface area (Å²) in [5.41, 5.74) is 1.97. The maximum absolute atomic E-state index is 12.8. The number of hydrogen-bond donors (Lipinski definition) is 0. The number of rotatable bonds is 6. The van der Waals surface area contributed by atoms with Gasteiger partial charge in [-0.2, -0.15) is 0 Å². The highest BCUT2D eigenvalue weighted by atomic mass is 32.2. The van der Waals surface area contributed by atoms with Crippen molar-refractivity contribution in [2.75, 3.05) is 18.1 Å². The van der Waals surface area contributed by atoms with E-state index in [0.29, 0.717) is 13.0 Å². The fourth-order valence-corrected chi connectivity index (χ4v) is 6.88. The zero-order valence-electron chi connectivity index (χ0n) is 14.8. The van der Waals surface area contributed by atoms with Crippen molar-refractivity contribution in [1.29, 1.82) is 0 Å². The number of aromatic nitrogens is 1. The van der Waals surface area contributed by atoms with E-state index in [0.717, 1.165) is 15.6 Å². The third kappa shape index (κ3) is 4.47. The van der Waals surface area contributed by atoms with Gasteiger partial charge in [0.1, 0.15) is 0 Å². The molecule has 1 saturated heterocycles. The Kier molecular flexibility index (Phi) is 6.04. The Hall–Kier alpha value is -1.38. The van der Waals surface area contributed by atoms with E-state index in [1.54, 1.807) is 4.90 Å². The molecule has 0 saturated carbocycles. The molecule has 0 bridgehead atoms. The molecule has 2 heterocycles. The lowest BCUT2D eigenvalue weighted by Gasteiger charge is -2.29. The molecule has 0 spiro atoms. The van der Waals surface area contributed by atoms with Crippen molar-refractivity contribution in [2.24, 2.45) is 0 Å². The molecule has 8 heteroatoms. The lowest BCUT2D eigenvalue weighted by molar-refractivity contribution is -0.131. The minimum atomic E-state index is -3.01. The number of nitrogens with zero attached hydrogens (tertiary/aromatic N) is 2. The summed E-state index contributed by atoms with van der Waals surface area (Å²) in [6, 6.07) is 9.74. The second-order valence-electron chi connectivity index (χ2n) is 6.31. The van der Waals surface area contributed by atoms with Gasteiger partial charge in [0.15, 0.2) is 14.2 Å². The third-order valence-electron chi connectivity index (χ3n) is 4.45. The molecule has 5 nitrogen and oxygen atoms in total. The predicted molar refractivity (Wildman–Crippen MR) is 107 cm³/mol. The van der Waals surface area contributed by atoms with Crippen LogP contribution in [0.2, 0.25) is 0 Å². The van der Waals surface area contributed by atoms with Crippen LogP contribution in [0.1, 0.15) is 20.3 Å². The minimum Gasteiger partial charge on any atom is -0.338 e. The van der Waals surface area contributed by atoms with Gasteiger partial charge < -0.3 is 4.90 Å². The van der Waals surface area contributed by atoms with E-state index in [9.17, 15) is 13.2 Å². The SMILES string of the molecule is CCN(C(=O)C(C)Sc1nc(-c2ccccc2)cs1)C1CCS(=O)(=O)C1. The molecule has 0 aliphatic carbocycles. The van der Waals surface area contributed by atoms with E-state index >= 15 is 0 Å². The van der Waals surface area contributed by atoms with Gasteiger partial charge in [-0.1, -0.05) is 42.1 Å². The number of thiazole rings is 1. The van der Waals surface area contributed by atoms with Crippen LogP contribution in [0.25, 0.3) is 11.3 Å². The lowest BCUT2D eigenvalue weighted by atomic mass is 10.2. The molecule has 26 heavy (non-hydrogen) atoms. The van der Waals surface area contributed by atoms with Gasteiger partial charge in [-0.15, -0.1) is 11.3 Å². The molecule has 0 radical (unpaired) electrons. The Morgan fingerprint density at radius 3 is 2.73 bits per heavy atom. The molecule has 1 fully saturated rings. The normalized spacial score (nSPS) is 20.0. The number of carbonyl (C=O) groups excluding carboxylic acids is 1. The lowest BCUT2D eigenvalue weighted by Crippen LogP contribution is -2.44. The van der Waals surface area contributed by atoms with Crippen molar-refractivity contribution in [3.63, 3.8) is 0 Å². The van der Waals surface area contributed by atoms with E-state index < -0.39 is 9.84 Å². The highest BCUT2D eigenvalue weighted by Crippen LogP contribution is 2.32. The van der Waals surface area contributed by atoms with Gasteiger partial charge in [0.2, 0.25) is 5.91 Å². The molecule has 1 aliphatic heterocycles. The molecule has 2 aromatic rings. The fourth-order valence-electron chi connectivity index (χ4n) is 3.10. The van der Waals surface area contributed by atoms with Crippen LogP contribution in [-0.2, 0) is 14.6 Å². The van der Waals surface area contributed by atoms with E-state index in [1.807, 2.05) is 49.6 Å². The fraction of sp³-hybridized carbons (Fsp3) is 0.444. The quantitative estimate of drug-likeness (QED) is 0.684. The summed E-state index contributed by atoms with van der Waals surface area (Å²) < 4.78 is 24.3. The first kappa shape index (κ1) is 19.4. The summed E-state index contributed by atoms with van der Waals surface area (Å²) in [7, 11) is -3.01. The average Bonchev–Trinajstić information content (AvgIpc) is 3.22. The zero-order valence-corrected chi connectivity index (χ0v) is 17.2. The van der Waals surface area contributed by atoms with Crippen molar-refractivity contribution in [3.8, 4) is 11.3 Å². The number of hydrogen-bond acceptors (Lipinski definition) is 6. The molecule has 1 aromatic carbocycles. The maximum atomic E-state index is 12.8. The molecular formula is C18H22N2O3S3.